The molecule has 0 aliphatic carbocycles. The van der Waals surface area contributed by atoms with Crippen LogP contribution in [0.2, 0.25) is 0 Å². The predicted octanol–water partition coefficient (Wildman–Crippen LogP) is 3.36. The number of carbonyl (C=O) groups excluding carboxylic acids is 1. The molecule has 0 saturated heterocycles. The quantitative estimate of drug-likeness (QED) is 0.655. The SMILES string of the molecule is NC(=O)C=Cc1ccccc1/C=C\c1ccccc1. The lowest BCUT2D eigenvalue weighted by Crippen LogP contribution is -2.05. The van der Waals surface area contributed by atoms with Gasteiger partial charge in [-0.25, -0.2) is 0 Å². The fourth-order valence-corrected chi connectivity index (χ4v) is 1.74. The molecule has 0 bridgehead atoms. The van der Waals surface area contributed by atoms with Gasteiger partial charge in [-0.3, -0.25) is 4.79 Å². The van der Waals surface area contributed by atoms with Crippen LogP contribution in [0.4, 0.5) is 0 Å². The Morgan fingerprint density at radius 1 is 0.789 bits per heavy atom. The highest BCUT2D eigenvalue weighted by Gasteiger charge is 1.95. The Morgan fingerprint density at radius 3 is 2.00 bits per heavy atom. The molecule has 0 fully saturated rings. The molecule has 0 aliphatic heterocycles. The zero-order valence-corrected chi connectivity index (χ0v) is 10.5. The minimum Gasteiger partial charge on any atom is -0.366 e. The van der Waals surface area contributed by atoms with Crippen molar-refractivity contribution in [3.63, 3.8) is 0 Å². The van der Waals surface area contributed by atoms with Gasteiger partial charge in [0.1, 0.15) is 0 Å². The van der Waals surface area contributed by atoms with E-state index in [4.69, 9.17) is 5.73 Å². The second-order valence-electron chi connectivity index (χ2n) is 4.11. The Labute approximate surface area is 112 Å². The van der Waals surface area contributed by atoms with E-state index in [1.807, 2.05) is 66.7 Å². The summed E-state index contributed by atoms with van der Waals surface area (Å²) in [6, 6.07) is 17.9. The Balaban J connectivity index is 2.25. The van der Waals surface area contributed by atoms with Crippen LogP contribution in [0.15, 0.2) is 60.7 Å². The second-order valence-corrected chi connectivity index (χ2v) is 4.11. The summed E-state index contributed by atoms with van der Waals surface area (Å²) in [5.74, 6) is -0.443. The molecule has 0 atom stereocenters. The van der Waals surface area contributed by atoms with E-state index in [-0.39, 0.29) is 0 Å². The van der Waals surface area contributed by atoms with E-state index in [2.05, 4.69) is 0 Å². The van der Waals surface area contributed by atoms with Crippen LogP contribution in [0, 0.1) is 0 Å². The molecule has 0 aromatic heterocycles. The van der Waals surface area contributed by atoms with Gasteiger partial charge in [-0.15, -0.1) is 0 Å². The van der Waals surface area contributed by atoms with Crippen LogP contribution < -0.4 is 5.73 Å². The first kappa shape index (κ1) is 12.8. The molecule has 0 radical (unpaired) electrons. The molecule has 0 spiro atoms. The third-order valence-corrected chi connectivity index (χ3v) is 2.68. The number of hydrogen-bond donors (Lipinski definition) is 1. The van der Waals surface area contributed by atoms with Gasteiger partial charge < -0.3 is 5.73 Å². The molecule has 0 heterocycles. The minimum atomic E-state index is -0.443. The number of primary amides is 1. The third kappa shape index (κ3) is 3.96. The Morgan fingerprint density at radius 2 is 1.37 bits per heavy atom. The van der Waals surface area contributed by atoms with Crippen LogP contribution in [-0.4, -0.2) is 5.91 Å². The highest BCUT2D eigenvalue weighted by molar-refractivity contribution is 5.91. The summed E-state index contributed by atoms with van der Waals surface area (Å²) in [5, 5.41) is 0. The standard InChI is InChI=1S/C17H15NO/c18-17(19)13-12-16-9-5-4-8-15(16)11-10-14-6-2-1-3-7-14/h1-13H,(H2,18,19)/b11-10-,13-12?. The molecule has 94 valence electrons. The lowest BCUT2D eigenvalue weighted by atomic mass is 10.1. The van der Waals surface area contributed by atoms with Gasteiger partial charge in [0, 0.05) is 6.08 Å². The molecular weight excluding hydrogens is 234 g/mol. The van der Waals surface area contributed by atoms with Crippen LogP contribution in [0.5, 0.6) is 0 Å². The fraction of sp³-hybridized carbons (Fsp3) is 0. The van der Waals surface area contributed by atoms with Crippen LogP contribution in [0.25, 0.3) is 18.2 Å². The van der Waals surface area contributed by atoms with Gasteiger partial charge in [0.2, 0.25) is 5.91 Å². The predicted molar refractivity (Wildman–Crippen MR) is 80.0 cm³/mol. The minimum absolute atomic E-state index is 0.443. The molecule has 0 aliphatic rings. The van der Waals surface area contributed by atoms with Crippen LogP contribution in [0.1, 0.15) is 16.7 Å². The summed E-state index contributed by atoms with van der Waals surface area (Å²) in [4.78, 5) is 10.8. The van der Waals surface area contributed by atoms with E-state index in [9.17, 15) is 4.79 Å². The summed E-state index contributed by atoms with van der Waals surface area (Å²) in [6.07, 6.45) is 7.16. The van der Waals surface area contributed by atoms with Crippen LogP contribution >= 0.6 is 0 Å². The smallest absolute Gasteiger partial charge is 0.241 e. The van der Waals surface area contributed by atoms with Crippen molar-refractivity contribution in [2.24, 2.45) is 5.73 Å². The van der Waals surface area contributed by atoms with E-state index < -0.39 is 5.91 Å². The molecule has 0 saturated carbocycles. The molecule has 2 aromatic carbocycles. The van der Waals surface area contributed by atoms with E-state index in [1.165, 1.54) is 6.08 Å². The number of benzene rings is 2. The normalized spacial score (nSPS) is 11.2. The lowest BCUT2D eigenvalue weighted by molar-refractivity contribution is -0.113. The van der Waals surface area contributed by atoms with Crippen molar-refractivity contribution in [3.05, 3.63) is 77.4 Å². The molecule has 0 unspecified atom stereocenters. The maximum absolute atomic E-state index is 10.8. The molecule has 2 N–H and O–H groups in total. The third-order valence-electron chi connectivity index (χ3n) is 2.68. The van der Waals surface area contributed by atoms with Gasteiger partial charge in [0.05, 0.1) is 0 Å². The van der Waals surface area contributed by atoms with Gasteiger partial charge in [-0.2, -0.15) is 0 Å². The average Bonchev–Trinajstić information content (AvgIpc) is 2.45. The van der Waals surface area contributed by atoms with Gasteiger partial charge >= 0.3 is 0 Å². The Kier molecular flexibility index (Phi) is 4.29. The summed E-state index contributed by atoms with van der Waals surface area (Å²) in [6.45, 7) is 0. The van der Waals surface area contributed by atoms with Gasteiger partial charge in [0.15, 0.2) is 0 Å². The summed E-state index contributed by atoms with van der Waals surface area (Å²) < 4.78 is 0. The zero-order valence-electron chi connectivity index (χ0n) is 10.5. The van der Waals surface area contributed by atoms with E-state index in [0.29, 0.717) is 0 Å². The highest BCUT2D eigenvalue weighted by atomic mass is 16.1. The zero-order chi connectivity index (χ0) is 13.5. The average molecular weight is 249 g/mol. The number of carbonyl (C=O) groups is 1. The maximum atomic E-state index is 10.8. The maximum Gasteiger partial charge on any atom is 0.241 e. The second kappa shape index (κ2) is 6.36. The van der Waals surface area contributed by atoms with Crippen molar-refractivity contribution < 1.29 is 4.79 Å². The van der Waals surface area contributed by atoms with Crippen molar-refractivity contribution in [1.29, 1.82) is 0 Å². The molecule has 2 aromatic rings. The first-order valence-electron chi connectivity index (χ1n) is 6.05. The molecule has 19 heavy (non-hydrogen) atoms. The molecule has 2 heteroatoms. The number of hydrogen-bond acceptors (Lipinski definition) is 1. The van der Waals surface area contributed by atoms with E-state index in [0.717, 1.165) is 16.7 Å². The molecule has 2 nitrogen and oxygen atoms in total. The monoisotopic (exact) mass is 249 g/mol. The van der Waals surface area contributed by atoms with Crippen LogP contribution in [-0.2, 0) is 4.79 Å². The summed E-state index contributed by atoms with van der Waals surface area (Å²) in [7, 11) is 0. The first-order valence-corrected chi connectivity index (χ1v) is 6.05. The van der Waals surface area contributed by atoms with Gasteiger partial charge in [0.25, 0.3) is 0 Å². The molecule has 1 amide bonds. The van der Waals surface area contributed by atoms with Crippen molar-refractivity contribution in [2.45, 2.75) is 0 Å². The van der Waals surface area contributed by atoms with Gasteiger partial charge in [-0.1, -0.05) is 66.7 Å². The lowest BCUT2D eigenvalue weighted by Gasteiger charge is -2.00. The molecule has 2 rings (SSSR count). The fourth-order valence-electron chi connectivity index (χ4n) is 1.74. The van der Waals surface area contributed by atoms with Crippen molar-refractivity contribution >= 4 is 24.1 Å². The topological polar surface area (TPSA) is 43.1 Å². The summed E-state index contributed by atoms with van der Waals surface area (Å²) in [5.41, 5.74) is 8.26. The van der Waals surface area contributed by atoms with Crippen molar-refractivity contribution in [1.82, 2.24) is 0 Å². The number of nitrogens with two attached hydrogens (primary N) is 1. The Hall–Kier alpha value is -2.61. The number of rotatable bonds is 4. The first-order chi connectivity index (χ1) is 9.25. The van der Waals surface area contributed by atoms with Crippen molar-refractivity contribution in [2.75, 3.05) is 0 Å². The largest absolute Gasteiger partial charge is 0.366 e. The van der Waals surface area contributed by atoms with E-state index in [1.54, 1.807) is 6.08 Å². The van der Waals surface area contributed by atoms with Gasteiger partial charge in [-0.05, 0) is 22.8 Å². The van der Waals surface area contributed by atoms with E-state index >= 15 is 0 Å². The van der Waals surface area contributed by atoms with Crippen molar-refractivity contribution in [3.8, 4) is 0 Å². The highest BCUT2D eigenvalue weighted by Crippen LogP contribution is 2.14. The molecular formula is C17H15NO. The van der Waals surface area contributed by atoms with Crippen LogP contribution in [0.3, 0.4) is 0 Å². The Bertz CT molecular complexity index is 612. The number of amides is 1. The summed E-state index contributed by atoms with van der Waals surface area (Å²) >= 11 is 0.